The van der Waals surface area contributed by atoms with Crippen LogP contribution in [-0.2, 0) is 12.8 Å². The second-order valence-corrected chi connectivity index (χ2v) is 6.18. The molecule has 1 atom stereocenters. The Labute approximate surface area is 128 Å². The molecule has 0 aromatic heterocycles. The fourth-order valence-corrected chi connectivity index (χ4v) is 3.16. The van der Waals surface area contributed by atoms with Crippen molar-refractivity contribution in [3.05, 3.63) is 64.1 Å². The highest BCUT2D eigenvalue weighted by Crippen LogP contribution is 2.35. The van der Waals surface area contributed by atoms with E-state index in [1.165, 1.54) is 11.1 Å². The van der Waals surface area contributed by atoms with E-state index in [9.17, 15) is 0 Å². The molecule has 1 heterocycles. The van der Waals surface area contributed by atoms with E-state index >= 15 is 0 Å². The van der Waals surface area contributed by atoms with Crippen LogP contribution in [0.25, 0.3) is 0 Å². The second-order valence-electron chi connectivity index (χ2n) is 5.26. The van der Waals surface area contributed by atoms with Crippen molar-refractivity contribution in [1.29, 1.82) is 0 Å². The Kier molecular flexibility index (Phi) is 3.81. The summed E-state index contributed by atoms with van der Waals surface area (Å²) < 4.78 is 7.41. The Morgan fingerprint density at radius 2 is 2.00 bits per heavy atom. The summed E-state index contributed by atoms with van der Waals surface area (Å²) in [5.41, 5.74) is 2.27. The lowest BCUT2D eigenvalue weighted by molar-refractivity contribution is 0.0197. The van der Waals surface area contributed by atoms with E-state index in [-0.39, 0.29) is 5.72 Å². The third kappa shape index (κ3) is 2.74. The quantitative estimate of drug-likeness (QED) is 0.919. The van der Waals surface area contributed by atoms with Gasteiger partial charge in [0.2, 0.25) is 0 Å². The molecular weight excluding hydrogens is 314 g/mol. The summed E-state index contributed by atoms with van der Waals surface area (Å²) >= 11 is 3.52. The molecule has 0 unspecified atom stereocenters. The number of halogens is 1. The Morgan fingerprint density at radius 3 is 2.75 bits per heavy atom. The van der Waals surface area contributed by atoms with Gasteiger partial charge >= 0.3 is 0 Å². The van der Waals surface area contributed by atoms with Crippen LogP contribution < -0.4 is 10.1 Å². The monoisotopic (exact) mass is 331 g/mol. The SMILES string of the molecule is CN[C@]1(Cc2ccccc2)CCc2cc(Br)ccc2O1. The summed E-state index contributed by atoms with van der Waals surface area (Å²) in [7, 11) is 1.98. The van der Waals surface area contributed by atoms with Crippen LogP contribution in [0, 0.1) is 0 Å². The molecule has 0 aliphatic carbocycles. The van der Waals surface area contributed by atoms with Crippen molar-refractivity contribution in [2.45, 2.75) is 25.0 Å². The molecule has 20 heavy (non-hydrogen) atoms. The van der Waals surface area contributed by atoms with Crippen LogP contribution >= 0.6 is 15.9 Å². The summed E-state index contributed by atoms with van der Waals surface area (Å²) in [5, 5.41) is 3.39. The van der Waals surface area contributed by atoms with E-state index in [1.807, 2.05) is 19.2 Å². The number of fused-ring (bicyclic) bond motifs is 1. The van der Waals surface area contributed by atoms with Gasteiger partial charge in [0, 0.05) is 17.3 Å². The maximum absolute atomic E-state index is 6.30. The van der Waals surface area contributed by atoms with E-state index in [0.717, 1.165) is 29.5 Å². The van der Waals surface area contributed by atoms with Gasteiger partial charge in [0.1, 0.15) is 5.75 Å². The maximum Gasteiger partial charge on any atom is 0.165 e. The average molecular weight is 332 g/mol. The molecule has 3 heteroatoms. The van der Waals surface area contributed by atoms with Gasteiger partial charge in [0.25, 0.3) is 0 Å². The number of ether oxygens (including phenoxy) is 1. The van der Waals surface area contributed by atoms with Gasteiger partial charge in [-0.05, 0) is 42.8 Å². The topological polar surface area (TPSA) is 21.3 Å². The maximum atomic E-state index is 6.30. The smallest absolute Gasteiger partial charge is 0.165 e. The predicted molar refractivity (Wildman–Crippen MR) is 85.0 cm³/mol. The first-order valence-corrected chi connectivity index (χ1v) is 7.70. The minimum absolute atomic E-state index is 0.303. The molecule has 0 spiro atoms. The van der Waals surface area contributed by atoms with Crippen molar-refractivity contribution in [3.63, 3.8) is 0 Å². The number of rotatable bonds is 3. The summed E-state index contributed by atoms with van der Waals surface area (Å²) in [6.07, 6.45) is 2.88. The molecule has 0 amide bonds. The standard InChI is InChI=1S/C17H18BrNO/c1-19-17(12-13-5-3-2-4-6-13)10-9-14-11-15(18)7-8-16(14)20-17/h2-8,11,19H,9-10,12H2,1H3/t17-/m1/s1. The molecule has 3 rings (SSSR count). The molecular formula is C17H18BrNO. The van der Waals surface area contributed by atoms with Gasteiger partial charge in [-0.15, -0.1) is 0 Å². The number of likely N-dealkylation sites (N-methyl/N-ethyl adjacent to an activating group) is 1. The molecule has 0 fully saturated rings. The van der Waals surface area contributed by atoms with Gasteiger partial charge in [-0.3, -0.25) is 5.32 Å². The zero-order valence-electron chi connectivity index (χ0n) is 11.5. The van der Waals surface area contributed by atoms with Crippen LogP contribution in [0.2, 0.25) is 0 Å². The Morgan fingerprint density at radius 1 is 1.20 bits per heavy atom. The van der Waals surface area contributed by atoms with Gasteiger partial charge in [0.05, 0.1) is 0 Å². The van der Waals surface area contributed by atoms with Crippen molar-refractivity contribution in [3.8, 4) is 5.75 Å². The summed E-state index contributed by atoms with van der Waals surface area (Å²) in [5.74, 6) is 0.990. The van der Waals surface area contributed by atoms with E-state index in [0.29, 0.717) is 0 Å². The van der Waals surface area contributed by atoms with Crippen LogP contribution in [0.15, 0.2) is 53.0 Å². The highest BCUT2D eigenvalue weighted by Gasteiger charge is 2.34. The molecule has 0 saturated heterocycles. The molecule has 2 nitrogen and oxygen atoms in total. The number of nitrogens with one attached hydrogen (secondary N) is 1. The first kappa shape index (κ1) is 13.7. The fraction of sp³-hybridized carbons (Fsp3) is 0.294. The first-order valence-electron chi connectivity index (χ1n) is 6.91. The molecule has 0 bridgehead atoms. The molecule has 0 saturated carbocycles. The highest BCUT2D eigenvalue weighted by atomic mass is 79.9. The van der Waals surface area contributed by atoms with Crippen LogP contribution in [0.3, 0.4) is 0 Å². The fourth-order valence-electron chi connectivity index (χ4n) is 2.76. The summed E-state index contributed by atoms with van der Waals surface area (Å²) in [6.45, 7) is 0. The zero-order valence-corrected chi connectivity index (χ0v) is 13.1. The van der Waals surface area contributed by atoms with Crippen LogP contribution in [0.4, 0.5) is 0 Å². The Hall–Kier alpha value is -1.32. The molecule has 2 aromatic carbocycles. The lowest BCUT2D eigenvalue weighted by atomic mass is 9.92. The van der Waals surface area contributed by atoms with Crippen LogP contribution in [0.5, 0.6) is 5.75 Å². The van der Waals surface area contributed by atoms with Crippen molar-refractivity contribution >= 4 is 15.9 Å². The Balaban J connectivity index is 1.86. The van der Waals surface area contributed by atoms with E-state index in [1.54, 1.807) is 0 Å². The molecule has 1 N–H and O–H groups in total. The Bertz CT molecular complexity index is 599. The molecule has 0 radical (unpaired) electrons. The zero-order chi connectivity index (χ0) is 14.0. The van der Waals surface area contributed by atoms with Gasteiger partial charge in [-0.2, -0.15) is 0 Å². The number of hydrogen-bond donors (Lipinski definition) is 1. The van der Waals surface area contributed by atoms with E-state index in [4.69, 9.17) is 4.74 Å². The molecule has 1 aliphatic rings. The van der Waals surface area contributed by atoms with Crippen molar-refractivity contribution < 1.29 is 4.74 Å². The average Bonchev–Trinajstić information content (AvgIpc) is 2.48. The van der Waals surface area contributed by atoms with Gasteiger partial charge in [-0.1, -0.05) is 46.3 Å². The number of benzene rings is 2. The lowest BCUT2D eigenvalue weighted by Gasteiger charge is -2.38. The van der Waals surface area contributed by atoms with Gasteiger partial charge < -0.3 is 4.74 Å². The summed E-state index contributed by atoms with van der Waals surface area (Å²) in [4.78, 5) is 0. The van der Waals surface area contributed by atoms with Gasteiger partial charge in [0.15, 0.2) is 5.72 Å². The van der Waals surface area contributed by atoms with Crippen LogP contribution in [-0.4, -0.2) is 12.8 Å². The largest absolute Gasteiger partial charge is 0.472 e. The number of aryl methyl sites for hydroxylation is 1. The van der Waals surface area contributed by atoms with Crippen molar-refractivity contribution in [1.82, 2.24) is 5.32 Å². The number of hydrogen-bond acceptors (Lipinski definition) is 2. The molecule has 2 aromatic rings. The third-order valence-corrected chi connectivity index (χ3v) is 4.41. The predicted octanol–water partition coefficient (Wildman–Crippen LogP) is 3.93. The normalized spacial score (nSPS) is 21.1. The minimum atomic E-state index is -0.303. The van der Waals surface area contributed by atoms with Crippen molar-refractivity contribution in [2.75, 3.05) is 7.05 Å². The first-order chi connectivity index (χ1) is 9.71. The second kappa shape index (κ2) is 5.58. The van der Waals surface area contributed by atoms with E-state index in [2.05, 4.69) is 57.6 Å². The van der Waals surface area contributed by atoms with Crippen LogP contribution in [0.1, 0.15) is 17.5 Å². The molecule has 104 valence electrons. The van der Waals surface area contributed by atoms with Crippen molar-refractivity contribution in [2.24, 2.45) is 0 Å². The molecule has 1 aliphatic heterocycles. The lowest BCUT2D eigenvalue weighted by Crippen LogP contribution is -2.52. The minimum Gasteiger partial charge on any atom is -0.472 e. The van der Waals surface area contributed by atoms with Gasteiger partial charge in [-0.25, -0.2) is 0 Å². The summed E-state index contributed by atoms with van der Waals surface area (Å²) in [6, 6.07) is 16.7. The highest BCUT2D eigenvalue weighted by molar-refractivity contribution is 9.10. The van der Waals surface area contributed by atoms with E-state index < -0.39 is 0 Å². The third-order valence-electron chi connectivity index (χ3n) is 3.91.